The molecule has 1 heterocycles. The van der Waals surface area contributed by atoms with Crippen LogP contribution in [0.3, 0.4) is 0 Å². The van der Waals surface area contributed by atoms with E-state index < -0.39 is 0 Å². The third-order valence-electron chi connectivity index (χ3n) is 3.26. The molecule has 4 heteroatoms. The van der Waals surface area contributed by atoms with Crippen LogP contribution < -0.4 is 10.6 Å². The lowest BCUT2D eigenvalue weighted by Crippen LogP contribution is -2.48. The van der Waals surface area contributed by atoms with Gasteiger partial charge in [-0.25, -0.2) is 0 Å². The third kappa shape index (κ3) is 5.41. The molecule has 0 aromatic heterocycles. The number of aryl methyl sites for hydroxylation is 1. The summed E-state index contributed by atoms with van der Waals surface area (Å²) in [6, 6.07) is 10.5. The van der Waals surface area contributed by atoms with Gasteiger partial charge in [0.2, 0.25) is 5.91 Å². The Morgan fingerprint density at radius 3 is 2.95 bits per heavy atom. The fourth-order valence-electron chi connectivity index (χ4n) is 2.17. The van der Waals surface area contributed by atoms with Crippen LogP contribution in [-0.4, -0.2) is 38.3 Å². The van der Waals surface area contributed by atoms with Gasteiger partial charge in [-0.1, -0.05) is 30.3 Å². The van der Waals surface area contributed by atoms with Crippen molar-refractivity contribution in [3.05, 3.63) is 35.9 Å². The maximum absolute atomic E-state index is 11.7. The average molecular weight is 262 g/mol. The maximum atomic E-state index is 11.7. The molecule has 4 nitrogen and oxygen atoms in total. The molecular formula is C15H22N2O2. The summed E-state index contributed by atoms with van der Waals surface area (Å²) in [5, 5.41) is 6.27. The minimum absolute atomic E-state index is 0.128. The van der Waals surface area contributed by atoms with Gasteiger partial charge < -0.3 is 15.4 Å². The van der Waals surface area contributed by atoms with Crippen molar-refractivity contribution in [2.75, 3.05) is 26.3 Å². The fourth-order valence-corrected chi connectivity index (χ4v) is 2.17. The summed E-state index contributed by atoms with van der Waals surface area (Å²) in [6.07, 6.45) is 2.44. The zero-order valence-corrected chi connectivity index (χ0v) is 11.2. The highest BCUT2D eigenvalue weighted by atomic mass is 16.5. The Labute approximate surface area is 114 Å². The lowest BCUT2D eigenvalue weighted by molar-refractivity contribution is -0.121. The number of hydrogen-bond donors (Lipinski definition) is 2. The molecule has 2 rings (SSSR count). The quantitative estimate of drug-likeness (QED) is 0.807. The van der Waals surface area contributed by atoms with Crippen LogP contribution in [0.2, 0.25) is 0 Å². The summed E-state index contributed by atoms with van der Waals surface area (Å²) in [7, 11) is 0. The number of carbonyl (C=O) groups excluding carboxylic acids is 1. The standard InChI is InChI=1S/C15H22N2O2/c18-15(17-11-14-12-19-10-9-16-14)8-4-7-13-5-2-1-3-6-13/h1-3,5-6,14,16H,4,7-12H2,(H,17,18). The highest BCUT2D eigenvalue weighted by molar-refractivity contribution is 5.75. The van der Waals surface area contributed by atoms with E-state index in [1.54, 1.807) is 0 Å². The van der Waals surface area contributed by atoms with Crippen molar-refractivity contribution in [3.8, 4) is 0 Å². The largest absolute Gasteiger partial charge is 0.378 e. The molecular weight excluding hydrogens is 240 g/mol. The van der Waals surface area contributed by atoms with Gasteiger partial charge in [0.05, 0.1) is 13.2 Å². The first kappa shape index (κ1) is 14.0. The summed E-state index contributed by atoms with van der Waals surface area (Å²) in [4.78, 5) is 11.7. The van der Waals surface area contributed by atoms with Crippen molar-refractivity contribution in [2.45, 2.75) is 25.3 Å². The number of hydrogen-bond acceptors (Lipinski definition) is 3. The average Bonchev–Trinajstić information content (AvgIpc) is 2.47. The first-order chi connectivity index (χ1) is 9.34. The van der Waals surface area contributed by atoms with Crippen LogP contribution in [0.25, 0.3) is 0 Å². The van der Waals surface area contributed by atoms with Crippen LogP contribution in [0.5, 0.6) is 0 Å². The molecule has 1 unspecified atom stereocenters. The molecule has 1 saturated heterocycles. The number of morpholine rings is 1. The lowest BCUT2D eigenvalue weighted by atomic mass is 10.1. The van der Waals surface area contributed by atoms with Crippen molar-refractivity contribution in [2.24, 2.45) is 0 Å². The molecule has 0 aliphatic carbocycles. The van der Waals surface area contributed by atoms with E-state index in [9.17, 15) is 4.79 Å². The fraction of sp³-hybridized carbons (Fsp3) is 0.533. The molecule has 1 aliphatic rings. The normalized spacial score (nSPS) is 19.1. The molecule has 1 amide bonds. The SMILES string of the molecule is O=C(CCCc1ccccc1)NCC1COCCN1. The molecule has 1 aromatic rings. The predicted molar refractivity (Wildman–Crippen MR) is 75.0 cm³/mol. The summed E-state index contributed by atoms with van der Waals surface area (Å²) in [6.45, 7) is 2.98. The molecule has 0 bridgehead atoms. The summed E-state index contributed by atoms with van der Waals surface area (Å²) in [5.74, 6) is 0.128. The smallest absolute Gasteiger partial charge is 0.220 e. The van der Waals surface area contributed by atoms with Crippen LogP contribution in [0, 0.1) is 0 Å². The van der Waals surface area contributed by atoms with Gasteiger partial charge in [-0.2, -0.15) is 0 Å². The molecule has 1 fully saturated rings. The van der Waals surface area contributed by atoms with Crippen molar-refractivity contribution in [3.63, 3.8) is 0 Å². The Balaban J connectivity index is 1.57. The van der Waals surface area contributed by atoms with Gasteiger partial charge in [0.15, 0.2) is 0 Å². The van der Waals surface area contributed by atoms with Crippen LogP contribution >= 0.6 is 0 Å². The number of nitrogens with one attached hydrogen (secondary N) is 2. The second-order valence-corrected chi connectivity index (χ2v) is 4.87. The molecule has 2 N–H and O–H groups in total. The van der Waals surface area contributed by atoms with E-state index in [1.807, 2.05) is 18.2 Å². The van der Waals surface area contributed by atoms with Gasteiger partial charge in [-0.3, -0.25) is 4.79 Å². The van der Waals surface area contributed by atoms with Crippen LogP contribution in [0.4, 0.5) is 0 Å². The summed E-state index contributed by atoms with van der Waals surface area (Å²) in [5.41, 5.74) is 1.29. The molecule has 104 valence electrons. The van der Waals surface area contributed by atoms with Crippen LogP contribution in [0.1, 0.15) is 18.4 Å². The maximum Gasteiger partial charge on any atom is 0.220 e. The molecule has 1 aliphatic heterocycles. The van der Waals surface area contributed by atoms with Crippen molar-refractivity contribution in [1.29, 1.82) is 0 Å². The Morgan fingerprint density at radius 1 is 1.37 bits per heavy atom. The first-order valence-corrected chi connectivity index (χ1v) is 6.96. The van der Waals surface area contributed by atoms with E-state index in [2.05, 4.69) is 22.8 Å². The van der Waals surface area contributed by atoms with E-state index in [0.717, 1.165) is 26.0 Å². The molecule has 1 aromatic carbocycles. The minimum Gasteiger partial charge on any atom is -0.378 e. The number of amides is 1. The molecule has 0 spiro atoms. The molecule has 1 atom stereocenters. The number of benzene rings is 1. The van der Waals surface area contributed by atoms with Gasteiger partial charge in [-0.15, -0.1) is 0 Å². The number of rotatable bonds is 6. The highest BCUT2D eigenvalue weighted by Crippen LogP contribution is 2.04. The topological polar surface area (TPSA) is 50.4 Å². The first-order valence-electron chi connectivity index (χ1n) is 6.96. The number of ether oxygens (including phenoxy) is 1. The lowest BCUT2D eigenvalue weighted by Gasteiger charge is -2.23. The second kappa shape index (κ2) is 7.92. The van der Waals surface area contributed by atoms with E-state index in [-0.39, 0.29) is 11.9 Å². The zero-order valence-electron chi connectivity index (χ0n) is 11.2. The third-order valence-corrected chi connectivity index (χ3v) is 3.26. The van der Waals surface area contributed by atoms with E-state index >= 15 is 0 Å². The van der Waals surface area contributed by atoms with Crippen molar-refractivity contribution >= 4 is 5.91 Å². The van der Waals surface area contributed by atoms with Crippen LogP contribution in [0.15, 0.2) is 30.3 Å². The van der Waals surface area contributed by atoms with Gasteiger partial charge in [0, 0.05) is 25.6 Å². The highest BCUT2D eigenvalue weighted by Gasteiger charge is 2.13. The minimum atomic E-state index is 0.128. The van der Waals surface area contributed by atoms with Gasteiger partial charge in [0.1, 0.15) is 0 Å². The Morgan fingerprint density at radius 2 is 2.21 bits per heavy atom. The predicted octanol–water partition coefficient (Wildman–Crippen LogP) is 1.11. The van der Waals surface area contributed by atoms with Gasteiger partial charge in [0.25, 0.3) is 0 Å². The Bertz CT molecular complexity index is 375. The summed E-state index contributed by atoms with van der Waals surface area (Å²) >= 11 is 0. The Kier molecular flexibility index (Phi) is 5.85. The Hall–Kier alpha value is -1.39. The van der Waals surface area contributed by atoms with Crippen molar-refractivity contribution in [1.82, 2.24) is 10.6 Å². The zero-order chi connectivity index (χ0) is 13.3. The molecule has 19 heavy (non-hydrogen) atoms. The van der Waals surface area contributed by atoms with E-state index in [0.29, 0.717) is 19.6 Å². The molecule has 0 saturated carbocycles. The van der Waals surface area contributed by atoms with E-state index in [1.165, 1.54) is 5.56 Å². The van der Waals surface area contributed by atoms with Gasteiger partial charge >= 0.3 is 0 Å². The second-order valence-electron chi connectivity index (χ2n) is 4.87. The number of carbonyl (C=O) groups is 1. The monoisotopic (exact) mass is 262 g/mol. The molecule has 0 radical (unpaired) electrons. The van der Waals surface area contributed by atoms with Crippen LogP contribution in [-0.2, 0) is 16.0 Å². The van der Waals surface area contributed by atoms with Crippen molar-refractivity contribution < 1.29 is 9.53 Å². The summed E-state index contributed by atoms with van der Waals surface area (Å²) < 4.78 is 5.34. The van der Waals surface area contributed by atoms with E-state index in [4.69, 9.17) is 4.74 Å². The van der Waals surface area contributed by atoms with Gasteiger partial charge in [-0.05, 0) is 18.4 Å².